The van der Waals surface area contributed by atoms with Gasteiger partial charge in [0.1, 0.15) is 0 Å². The molecule has 0 spiro atoms. The third-order valence-electron chi connectivity index (χ3n) is 2.88. The van der Waals surface area contributed by atoms with Crippen molar-refractivity contribution in [2.75, 3.05) is 0 Å². The van der Waals surface area contributed by atoms with Crippen molar-refractivity contribution in [3.8, 4) is 0 Å². The van der Waals surface area contributed by atoms with Crippen molar-refractivity contribution in [3.63, 3.8) is 0 Å². The molecular formula is C14H17NO3. The first kappa shape index (κ1) is 12.6. The number of amides is 1. The highest BCUT2D eigenvalue weighted by Crippen LogP contribution is 2.30. The van der Waals surface area contributed by atoms with E-state index in [0.717, 1.165) is 18.4 Å². The largest absolute Gasteiger partial charge is 0.452 e. The molecule has 96 valence electrons. The Hall–Kier alpha value is -1.84. The number of rotatable bonds is 5. The summed E-state index contributed by atoms with van der Waals surface area (Å²) in [6.45, 7) is 2.05. The van der Waals surface area contributed by atoms with Gasteiger partial charge < -0.3 is 10.1 Å². The van der Waals surface area contributed by atoms with E-state index >= 15 is 0 Å². The Balaban J connectivity index is 1.75. The van der Waals surface area contributed by atoms with Gasteiger partial charge in [-0.1, -0.05) is 30.3 Å². The highest BCUT2D eigenvalue weighted by Gasteiger charge is 2.33. The van der Waals surface area contributed by atoms with Gasteiger partial charge in [-0.05, 0) is 25.3 Å². The van der Waals surface area contributed by atoms with Crippen LogP contribution in [0.2, 0.25) is 0 Å². The molecule has 0 aliphatic heterocycles. The molecule has 0 saturated heterocycles. The van der Waals surface area contributed by atoms with Crippen molar-refractivity contribution in [2.45, 2.75) is 32.4 Å². The maximum atomic E-state index is 11.7. The lowest BCUT2D eigenvalue weighted by atomic mass is 10.2. The summed E-state index contributed by atoms with van der Waals surface area (Å²) in [7, 11) is 0. The summed E-state index contributed by atoms with van der Waals surface area (Å²) in [6, 6.07) is 9.61. The fourth-order valence-corrected chi connectivity index (χ4v) is 1.57. The van der Waals surface area contributed by atoms with Crippen molar-refractivity contribution in [2.24, 2.45) is 5.92 Å². The third kappa shape index (κ3) is 3.58. The second kappa shape index (κ2) is 5.67. The fraction of sp³-hybridized carbons (Fsp3) is 0.429. The van der Waals surface area contributed by atoms with Gasteiger partial charge in [-0.2, -0.15) is 0 Å². The van der Waals surface area contributed by atoms with Gasteiger partial charge in [0, 0.05) is 6.54 Å². The minimum absolute atomic E-state index is 0.0226. The number of hydrogen-bond donors (Lipinski definition) is 1. The first-order valence-corrected chi connectivity index (χ1v) is 6.19. The van der Waals surface area contributed by atoms with Gasteiger partial charge in [-0.25, -0.2) is 0 Å². The predicted octanol–water partition coefficient (Wildman–Crippen LogP) is 1.64. The number of carbonyl (C=O) groups is 2. The molecule has 2 rings (SSSR count). The van der Waals surface area contributed by atoms with Crippen LogP contribution in [0.25, 0.3) is 0 Å². The number of esters is 1. The lowest BCUT2D eigenvalue weighted by molar-refractivity contribution is -0.156. The van der Waals surface area contributed by atoms with Gasteiger partial charge in [0.2, 0.25) is 0 Å². The number of benzene rings is 1. The van der Waals surface area contributed by atoms with Crippen LogP contribution in [0, 0.1) is 5.92 Å². The van der Waals surface area contributed by atoms with Crippen molar-refractivity contribution in [1.82, 2.24) is 5.32 Å². The van der Waals surface area contributed by atoms with Gasteiger partial charge in [-0.3, -0.25) is 9.59 Å². The second-order valence-corrected chi connectivity index (χ2v) is 4.56. The molecule has 1 saturated carbocycles. The Kier molecular flexibility index (Phi) is 3.97. The van der Waals surface area contributed by atoms with Crippen LogP contribution in [0.3, 0.4) is 0 Å². The SMILES string of the molecule is C[C@@H](OC(=O)C1CC1)C(=O)NCc1ccccc1. The molecule has 0 heterocycles. The summed E-state index contributed by atoms with van der Waals surface area (Å²) < 4.78 is 5.07. The molecule has 1 aliphatic carbocycles. The van der Waals surface area contributed by atoms with Crippen LogP contribution in [0.5, 0.6) is 0 Å². The highest BCUT2D eigenvalue weighted by atomic mass is 16.5. The zero-order valence-electron chi connectivity index (χ0n) is 10.4. The molecule has 1 amide bonds. The minimum Gasteiger partial charge on any atom is -0.452 e. The van der Waals surface area contributed by atoms with Crippen LogP contribution in [-0.4, -0.2) is 18.0 Å². The fourth-order valence-electron chi connectivity index (χ4n) is 1.57. The van der Waals surface area contributed by atoms with E-state index in [-0.39, 0.29) is 17.8 Å². The third-order valence-corrected chi connectivity index (χ3v) is 2.88. The van der Waals surface area contributed by atoms with E-state index in [0.29, 0.717) is 6.54 Å². The minimum atomic E-state index is -0.721. The molecule has 1 aliphatic rings. The molecule has 0 radical (unpaired) electrons. The van der Waals surface area contributed by atoms with E-state index < -0.39 is 6.10 Å². The Morgan fingerprint density at radius 2 is 2.00 bits per heavy atom. The lowest BCUT2D eigenvalue weighted by Gasteiger charge is -2.13. The molecular weight excluding hydrogens is 230 g/mol. The standard InChI is InChI=1S/C14H17NO3/c1-10(18-14(17)12-7-8-12)13(16)15-9-11-5-3-2-4-6-11/h2-6,10,12H,7-9H2,1H3,(H,15,16)/t10-/m1/s1. The average Bonchev–Trinajstić information content (AvgIpc) is 3.21. The Labute approximate surface area is 106 Å². The molecule has 0 aromatic heterocycles. The molecule has 1 aromatic rings. The van der Waals surface area contributed by atoms with Crippen LogP contribution in [0.4, 0.5) is 0 Å². The zero-order chi connectivity index (χ0) is 13.0. The van der Waals surface area contributed by atoms with Crippen molar-refractivity contribution < 1.29 is 14.3 Å². The molecule has 1 aromatic carbocycles. The van der Waals surface area contributed by atoms with E-state index in [9.17, 15) is 9.59 Å². The Morgan fingerprint density at radius 3 is 2.61 bits per heavy atom. The summed E-state index contributed by atoms with van der Waals surface area (Å²) in [4.78, 5) is 23.1. The zero-order valence-corrected chi connectivity index (χ0v) is 10.4. The quantitative estimate of drug-likeness (QED) is 0.805. The topological polar surface area (TPSA) is 55.4 Å². The van der Waals surface area contributed by atoms with Crippen LogP contribution in [0.1, 0.15) is 25.3 Å². The molecule has 0 bridgehead atoms. The van der Waals surface area contributed by atoms with E-state index in [4.69, 9.17) is 4.74 Å². The van der Waals surface area contributed by atoms with Gasteiger partial charge in [-0.15, -0.1) is 0 Å². The van der Waals surface area contributed by atoms with Gasteiger partial charge in [0.25, 0.3) is 5.91 Å². The molecule has 18 heavy (non-hydrogen) atoms. The summed E-state index contributed by atoms with van der Waals surface area (Å²) >= 11 is 0. The van der Waals surface area contributed by atoms with Gasteiger partial charge in [0.05, 0.1) is 5.92 Å². The number of nitrogens with one attached hydrogen (secondary N) is 1. The van der Waals surface area contributed by atoms with E-state index in [2.05, 4.69) is 5.32 Å². The Bertz CT molecular complexity index is 426. The molecule has 4 heteroatoms. The Morgan fingerprint density at radius 1 is 1.33 bits per heavy atom. The summed E-state index contributed by atoms with van der Waals surface area (Å²) in [6.07, 6.45) is 1.05. The van der Waals surface area contributed by atoms with E-state index in [1.54, 1.807) is 6.92 Å². The maximum Gasteiger partial charge on any atom is 0.309 e. The first-order chi connectivity index (χ1) is 8.66. The van der Waals surface area contributed by atoms with Crippen molar-refractivity contribution in [1.29, 1.82) is 0 Å². The van der Waals surface area contributed by atoms with E-state index in [1.807, 2.05) is 30.3 Å². The molecule has 0 unspecified atom stereocenters. The number of carbonyl (C=O) groups excluding carboxylic acids is 2. The molecule has 4 nitrogen and oxygen atoms in total. The summed E-state index contributed by atoms with van der Waals surface area (Å²) in [5, 5.41) is 2.75. The van der Waals surface area contributed by atoms with Gasteiger partial charge in [0.15, 0.2) is 6.10 Å². The second-order valence-electron chi connectivity index (χ2n) is 4.56. The van der Waals surface area contributed by atoms with Crippen LogP contribution in [-0.2, 0) is 20.9 Å². The first-order valence-electron chi connectivity index (χ1n) is 6.19. The summed E-state index contributed by atoms with van der Waals surface area (Å²) in [5.41, 5.74) is 1.02. The smallest absolute Gasteiger partial charge is 0.309 e. The predicted molar refractivity (Wildman–Crippen MR) is 66.6 cm³/mol. The van der Waals surface area contributed by atoms with Crippen LogP contribution in [0.15, 0.2) is 30.3 Å². The molecule has 1 atom stereocenters. The number of ether oxygens (including phenoxy) is 1. The molecule has 1 N–H and O–H groups in total. The van der Waals surface area contributed by atoms with Crippen LogP contribution >= 0.6 is 0 Å². The number of hydrogen-bond acceptors (Lipinski definition) is 3. The molecule has 1 fully saturated rings. The summed E-state index contributed by atoms with van der Waals surface area (Å²) in [5.74, 6) is -0.486. The normalized spacial score (nSPS) is 15.8. The van der Waals surface area contributed by atoms with Crippen LogP contribution < -0.4 is 5.32 Å². The average molecular weight is 247 g/mol. The highest BCUT2D eigenvalue weighted by molar-refractivity contribution is 5.84. The maximum absolute atomic E-state index is 11.7. The van der Waals surface area contributed by atoms with Crippen molar-refractivity contribution in [3.05, 3.63) is 35.9 Å². The monoisotopic (exact) mass is 247 g/mol. The van der Waals surface area contributed by atoms with Crippen molar-refractivity contribution >= 4 is 11.9 Å². The van der Waals surface area contributed by atoms with Gasteiger partial charge >= 0.3 is 5.97 Å². The van der Waals surface area contributed by atoms with E-state index in [1.165, 1.54) is 0 Å². The lowest BCUT2D eigenvalue weighted by Crippen LogP contribution is -2.35.